The third-order valence-corrected chi connectivity index (χ3v) is 7.55. The number of rotatable bonds is 8. The Balaban J connectivity index is 1.25. The van der Waals surface area contributed by atoms with Crippen molar-refractivity contribution in [3.05, 3.63) is 90.1 Å². The third-order valence-electron chi connectivity index (χ3n) is 7.55. The Bertz CT molecular complexity index is 1840. The van der Waals surface area contributed by atoms with Gasteiger partial charge in [0.25, 0.3) is 0 Å². The lowest BCUT2D eigenvalue weighted by Crippen LogP contribution is -2.34. The molecule has 0 amide bonds. The Labute approximate surface area is 228 Å². The average molecular weight is 535 g/mol. The number of fused-ring (bicyclic) bond motifs is 3. The summed E-state index contributed by atoms with van der Waals surface area (Å²) < 4.78 is 8.50. The van der Waals surface area contributed by atoms with E-state index >= 15 is 0 Å². The number of Topliss-reactive ketones (excluding diaryl/α,β-unsaturated/α-hetero) is 1. The number of carbonyl (C=O) groups is 1. The van der Waals surface area contributed by atoms with E-state index in [-0.39, 0.29) is 18.2 Å². The summed E-state index contributed by atoms with van der Waals surface area (Å²) in [6.07, 6.45) is 6.25. The molecule has 0 saturated heterocycles. The zero-order chi connectivity index (χ0) is 27.3. The molecule has 1 aliphatic carbocycles. The van der Waals surface area contributed by atoms with Crippen LogP contribution >= 0.6 is 0 Å². The van der Waals surface area contributed by atoms with Crippen LogP contribution in [-0.2, 0) is 16.8 Å². The molecular formula is C29H26N8O3. The number of ketones is 1. The molecule has 11 heteroatoms. The van der Waals surface area contributed by atoms with Gasteiger partial charge in [0.15, 0.2) is 22.8 Å². The molecule has 0 spiro atoms. The fraction of sp³-hybridized carbons (Fsp3) is 0.241. The maximum atomic E-state index is 13.9. The SMILES string of the molecule is Nc1nc2c(cnn2[C@H](C(=O)CCc2cccc(C3(O)CCC3)n2)c2ccccc2)c2nc(-c3ccco3)nn12. The molecule has 1 fully saturated rings. The highest BCUT2D eigenvalue weighted by Gasteiger charge is 2.37. The van der Waals surface area contributed by atoms with Crippen molar-refractivity contribution in [3.8, 4) is 11.6 Å². The largest absolute Gasteiger partial charge is 0.461 e. The van der Waals surface area contributed by atoms with E-state index in [0.29, 0.717) is 53.2 Å². The Hall–Kier alpha value is -4.90. The number of benzene rings is 1. The number of nitrogens with zero attached hydrogens (tertiary/aromatic N) is 7. The van der Waals surface area contributed by atoms with Crippen molar-refractivity contribution in [1.29, 1.82) is 0 Å². The molecule has 0 bridgehead atoms. The maximum absolute atomic E-state index is 13.9. The minimum Gasteiger partial charge on any atom is -0.461 e. The minimum absolute atomic E-state index is 0.0521. The Morgan fingerprint density at radius 1 is 1.02 bits per heavy atom. The van der Waals surface area contributed by atoms with Crippen LogP contribution in [0.5, 0.6) is 0 Å². The number of hydrogen-bond donors (Lipinski definition) is 2. The fourth-order valence-electron chi connectivity index (χ4n) is 5.26. The molecule has 7 rings (SSSR count). The lowest BCUT2D eigenvalue weighted by molar-refractivity contribution is -0.121. The second-order valence-electron chi connectivity index (χ2n) is 10.1. The van der Waals surface area contributed by atoms with E-state index in [1.807, 2.05) is 48.5 Å². The molecule has 3 N–H and O–H groups in total. The molecule has 1 aromatic carbocycles. The van der Waals surface area contributed by atoms with Gasteiger partial charge in [0.2, 0.25) is 11.8 Å². The van der Waals surface area contributed by atoms with E-state index in [2.05, 4.69) is 25.1 Å². The zero-order valence-electron chi connectivity index (χ0n) is 21.5. The standard InChI is InChI=1S/C29H26N8O3/c30-28-34-27-20(26-33-25(35-37(26)28)22-10-5-16-40-22)17-31-36(27)24(18-7-2-1-3-8-18)21(38)13-12-19-9-4-11-23(32-19)29(39)14-6-15-29/h1-5,7-11,16-17,24,39H,6,12-15H2,(H2,30,34)/t24-/m0/s1. The van der Waals surface area contributed by atoms with Crippen molar-refractivity contribution >= 4 is 28.4 Å². The van der Waals surface area contributed by atoms with Crippen molar-refractivity contribution in [3.63, 3.8) is 0 Å². The van der Waals surface area contributed by atoms with E-state index in [9.17, 15) is 9.90 Å². The highest BCUT2D eigenvalue weighted by Crippen LogP contribution is 2.40. The predicted octanol–water partition coefficient (Wildman–Crippen LogP) is 3.87. The number of aromatic nitrogens is 7. The summed E-state index contributed by atoms with van der Waals surface area (Å²) >= 11 is 0. The molecule has 1 saturated carbocycles. The number of nitrogen functional groups attached to an aromatic ring is 1. The third kappa shape index (κ3) is 4.02. The van der Waals surface area contributed by atoms with Crippen LogP contribution in [0, 0.1) is 0 Å². The van der Waals surface area contributed by atoms with E-state index < -0.39 is 11.6 Å². The van der Waals surface area contributed by atoms with Crippen LogP contribution in [-0.4, -0.2) is 45.2 Å². The summed E-state index contributed by atoms with van der Waals surface area (Å²) in [7, 11) is 0. The Morgan fingerprint density at radius 3 is 2.62 bits per heavy atom. The van der Waals surface area contributed by atoms with Gasteiger partial charge in [-0.15, -0.1) is 5.10 Å². The molecule has 0 radical (unpaired) electrons. The van der Waals surface area contributed by atoms with Gasteiger partial charge in [-0.05, 0) is 55.5 Å². The van der Waals surface area contributed by atoms with Gasteiger partial charge in [-0.1, -0.05) is 36.4 Å². The van der Waals surface area contributed by atoms with E-state index in [4.69, 9.17) is 10.2 Å². The van der Waals surface area contributed by atoms with Crippen LogP contribution in [0.3, 0.4) is 0 Å². The van der Waals surface area contributed by atoms with Gasteiger partial charge in [-0.3, -0.25) is 9.78 Å². The summed E-state index contributed by atoms with van der Waals surface area (Å²) in [5.41, 5.74) is 8.56. The molecule has 1 aliphatic rings. The zero-order valence-corrected chi connectivity index (χ0v) is 21.5. The van der Waals surface area contributed by atoms with Gasteiger partial charge >= 0.3 is 0 Å². The second kappa shape index (κ2) is 9.38. The van der Waals surface area contributed by atoms with Crippen molar-refractivity contribution in [2.24, 2.45) is 0 Å². The fourth-order valence-corrected chi connectivity index (χ4v) is 5.26. The van der Waals surface area contributed by atoms with E-state index in [1.54, 1.807) is 29.3 Å². The number of anilines is 1. The molecule has 5 aromatic heterocycles. The number of aliphatic hydroxyl groups is 1. The van der Waals surface area contributed by atoms with Gasteiger partial charge in [0.1, 0.15) is 11.6 Å². The monoisotopic (exact) mass is 534 g/mol. The molecular weight excluding hydrogens is 508 g/mol. The average Bonchev–Trinajstić information content (AvgIpc) is 3.72. The quantitative estimate of drug-likeness (QED) is 0.296. The number of hydrogen-bond acceptors (Lipinski definition) is 9. The summed E-state index contributed by atoms with van der Waals surface area (Å²) in [4.78, 5) is 27.7. The number of furan rings is 1. The lowest BCUT2D eigenvalue weighted by Gasteiger charge is -2.36. The van der Waals surface area contributed by atoms with Gasteiger partial charge in [0.05, 0.1) is 23.5 Å². The summed E-state index contributed by atoms with van der Waals surface area (Å²) in [5.74, 6) is 0.936. The first kappa shape index (κ1) is 24.2. The first-order valence-electron chi connectivity index (χ1n) is 13.2. The van der Waals surface area contributed by atoms with Crippen molar-refractivity contribution in [1.82, 2.24) is 34.3 Å². The summed E-state index contributed by atoms with van der Waals surface area (Å²) in [5, 5.41) is 20.4. The number of pyridine rings is 1. The predicted molar refractivity (Wildman–Crippen MR) is 146 cm³/mol. The van der Waals surface area contributed by atoms with Crippen LogP contribution < -0.4 is 5.73 Å². The second-order valence-corrected chi connectivity index (χ2v) is 10.1. The maximum Gasteiger partial charge on any atom is 0.225 e. The smallest absolute Gasteiger partial charge is 0.225 e. The number of carbonyl (C=O) groups excluding carboxylic acids is 1. The molecule has 0 unspecified atom stereocenters. The number of nitrogens with two attached hydrogens (primary N) is 1. The minimum atomic E-state index is -0.851. The van der Waals surface area contributed by atoms with Crippen LogP contribution in [0.25, 0.3) is 28.3 Å². The molecule has 40 heavy (non-hydrogen) atoms. The van der Waals surface area contributed by atoms with E-state index in [0.717, 1.165) is 17.7 Å². The van der Waals surface area contributed by atoms with Crippen LogP contribution in [0.2, 0.25) is 0 Å². The van der Waals surface area contributed by atoms with Crippen molar-refractivity contribution < 1.29 is 14.3 Å². The summed E-state index contributed by atoms with van der Waals surface area (Å²) in [6.45, 7) is 0. The first-order chi connectivity index (χ1) is 19.5. The first-order valence-corrected chi connectivity index (χ1v) is 13.2. The lowest BCUT2D eigenvalue weighted by atomic mass is 9.77. The Kier molecular flexibility index (Phi) is 5.67. The number of aryl methyl sites for hydroxylation is 1. The normalized spacial score (nSPS) is 15.3. The molecule has 1 atom stereocenters. The molecule has 11 nitrogen and oxygen atoms in total. The van der Waals surface area contributed by atoms with Gasteiger partial charge < -0.3 is 15.3 Å². The van der Waals surface area contributed by atoms with Gasteiger partial charge in [0, 0.05) is 12.1 Å². The van der Waals surface area contributed by atoms with Crippen molar-refractivity contribution in [2.45, 2.75) is 43.7 Å². The highest BCUT2D eigenvalue weighted by molar-refractivity contribution is 5.93. The van der Waals surface area contributed by atoms with Crippen LogP contribution in [0.15, 0.2) is 77.5 Å². The van der Waals surface area contributed by atoms with E-state index in [1.165, 1.54) is 4.52 Å². The summed E-state index contributed by atoms with van der Waals surface area (Å²) in [6, 6.07) is 17.9. The Morgan fingerprint density at radius 2 is 1.88 bits per heavy atom. The molecule has 200 valence electrons. The molecule has 6 aromatic rings. The van der Waals surface area contributed by atoms with Gasteiger partial charge in [-0.2, -0.15) is 14.6 Å². The van der Waals surface area contributed by atoms with Crippen LogP contribution in [0.1, 0.15) is 48.7 Å². The highest BCUT2D eigenvalue weighted by atomic mass is 16.3. The van der Waals surface area contributed by atoms with Gasteiger partial charge in [-0.25, -0.2) is 9.67 Å². The topological polar surface area (TPSA) is 150 Å². The molecule has 5 heterocycles. The molecule has 0 aliphatic heterocycles. The van der Waals surface area contributed by atoms with Crippen LogP contribution in [0.4, 0.5) is 5.95 Å². The van der Waals surface area contributed by atoms with Crippen molar-refractivity contribution in [2.75, 3.05) is 5.73 Å².